The molecular weight excluding hydrogens is 266 g/mol. The van der Waals surface area contributed by atoms with Crippen molar-refractivity contribution in [3.63, 3.8) is 0 Å². The number of aromatic nitrogens is 1. The molecule has 0 spiro atoms. The van der Waals surface area contributed by atoms with E-state index < -0.39 is 0 Å². The lowest BCUT2D eigenvalue weighted by Gasteiger charge is -2.12. The predicted molar refractivity (Wildman–Crippen MR) is 74.4 cm³/mol. The van der Waals surface area contributed by atoms with Gasteiger partial charge in [-0.25, -0.2) is 0 Å². The number of carbonyl (C=O) groups excluding carboxylic acids is 1. The summed E-state index contributed by atoms with van der Waals surface area (Å²) in [5, 5.41) is 1.69. The third-order valence-corrected chi connectivity index (χ3v) is 3.00. The average Bonchev–Trinajstić information content (AvgIpc) is 2.71. The van der Waals surface area contributed by atoms with Gasteiger partial charge in [0, 0.05) is 29.2 Å². The Labute approximate surface area is 116 Å². The molecular formula is C14H16ClNO3. The second kappa shape index (κ2) is 6.08. The Balaban J connectivity index is 2.07. The minimum atomic E-state index is -0.281. The molecule has 19 heavy (non-hydrogen) atoms. The van der Waals surface area contributed by atoms with Crippen LogP contribution < -0.4 is 0 Å². The van der Waals surface area contributed by atoms with Gasteiger partial charge in [-0.15, -0.1) is 0 Å². The summed E-state index contributed by atoms with van der Waals surface area (Å²) in [7, 11) is 1.58. The van der Waals surface area contributed by atoms with Crippen LogP contribution in [0.1, 0.15) is 6.92 Å². The molecule has 4 nitrogen and oxygen atoms in total. The van der Waals surface area contributed by atoms with E-state index in [0.29, 0.717) is 11.6 Å². The van der Waals surface area contributed by atoms with Gasteiger partial charge in [0.15, 0.2) is 0 Å². The first-order valence-electron chi connectivity index (χ1n) is 6.03. The van der Waals surface area contributed by atoms with Gasteiger partial charge in [0.2, 0.25) is 0 Å². The number of hydrogen-bond donors (Lipinski definition) is 0. The molecule has 102 valence electrons. The van der Waals surface area contributed by atoms with Crippen LogP contribution in [0.15, 0.2) is 30.5 Å². The molecule has 1 unspecified atom stereocenters. The monoisotopic (exact) mass is 281 g/mol. The third-order valence-electron chi connectivity index (χ3n) is 2.77. The number of fused-ring (bicyclic) bond motifs is 1. The molecule has 2 aromatic rings. The van der Waals surface area contributed by atoms with Gasteiger partial charge in [0.25, 0.3) is 0 Å². The fraction of sp³-hybridized carbons (Fsp3) is 0.357. The van der Waals surface area contributed by atoms with Crippen LogP contribution in [0.2, 0.25) is 5.02 Å². The third kappa shape index (κ3) is 3.49. The summed E-state index contributed by atoms with van der Waals surface area (Å²) >= 11 is 5.92. The minimum absolute atomic E-state index is 0.180. The second-order valence-corrected chi connectivity index (χ2v) is 4.84. The van der Waals surface area contributed by atoms with Crippen LogP contribution in [0.25, 0.3) is 10.9 Å². The van der Waals surface area contributed by atoms with Crippen molar-refractivity contribution in [3.8, 4) is 0 Å². The van der Waals surface area contributed by atoms with E-state index in [-0.39, 0.29) is 18.6 Å². The van der Waals surface area contributed by atoms with Crippen molar-refractivity contribution < 1.29 is 14.3 Å². The van der Waals surface area contributed by atoms with E-state index in [4.69, 9.17) is 21.1 Å². The summed E-state index contributed by atoms with van der Waals surface area (Å²) in [6.45, 7) is 2.38. The smallest absolute Gasteiger partial charge is 0.326 e. The largest absolute Gasteiger partial charge is 0.459 e. The first kappa shape index (κ1) is 13.9. The lowest BCUT2D eigenvalue weighted by atomic mass is 10.2. The van der Waals surface area contributed by atoms with E-state index in [0.717, 1.165) is 10.9 Å². The molecule has 1 heterocycles. The zero-order valence-electron chi connectivity index (χ0n) is 10.9. The van der Waals surface area contributed by atoms with Crippen LogP contribution in [0.5, 0.6) is 0 Å². The molecule has 0 N–H and O–H groups in total. The summed E-state index contributed by atoms with van der Waals surface area (Å²) in [6, 6.07) is 7.49. The Hall–Kier alpha value is -1.52. The number of hydrogen-bond acceptors (Lipinski definition) is 3. The Bertz CT molecular complexity index is 579. The fourth-order valence-corrected chi connectivity index (χ4v) is 2.16. The normalized spacial score (nSPS) is 12.6. The van der Waals surface area contributed by atoms with Gasteiger partial charge < -0.3 is 14.0 Å². The van der Waals surface area contributed by atoms with Crippen LogP contribution in [-0.2, 0) is 20.8 Å². The van der Waals surface area contributed by atoms with E-state index in [1.165, 1.54) is 0 Å². The molecule has 2 rings (SSSR count). The van der Waals surface area contributed by atoms with E-state index in [2.05, 4.69) is 0 Å². The Morgan fingerprint density at radius 3 is 2.95 bits per heavy atom. The molecule has 0 saturated carbocycles. The quantitative estimate of drug-likeness (QED) is 0.791. The number of benzene rings is 1. The number of methoxy groups -OCH3 is 1. The van der Waals surface area contributed by atoms with Crippen molar-refractivity contribution in [2.45, 2.75) is 19.6 Å². The number of esters is 1. The minimum Gasteiger partial charge on any atom is -0.459 e. The molecule has 1 aromatic heterocycles. The van der Waals surface area contributed by atoms with Gasteiger partial charge in [0.1, 0.15) is 12.6 Å². The number of ether oxygens (including phenoxy) is 2. The molecule has 5 heteroatoms. The molecule has 0 radical (unpaired) electrons. The standard InChI is InChI=1S/C14H16ClNO3/c1-10(9-18-2)19-14(17)8-16-6-5-11-7-12(15)3-4-13(11)16/h3-7,10H,8-9H2,1-2H3. The Kier molecular flexibility index (Phi) is 4.45. The number of halogens is 1. The molecule has 1 atom stereocenters. The maximum atomic E-state index is 11.8. The highest BCUT2D eigenvalue weighted by molar-refractivity contribution is 6.31. The van der Waals surface area contributed by atoms with E-state index in [1.54, 1.807) is 20.1 Å². The maximum Gasteiger partial charge on any atom is 0.326 e. The molecule has 0 saturated heterocycles. The fourth-order valence-electron chi connectivity index (χ4n) is 1.98. The Morgan fingerprint density at radius 2 is 2.21 bits per heavy atom. The van der Waals surface area contributed by atoms with Crippen LogP contribution in [-0.4, -0.2) is 30.4 Å². The van der Waals surface area contributed by atoms with Crippen molar-refractivity contribution in [3.05, 3.63) is 35.5 Å². The first-order chi connectivity index (χ1) is 9.10. The number of carbonyl (C=O) groups is 1. The van der Waals surface area contributed by atoms with Crippen LogP contribution in [0, 0.1) is 0 Å². The summed E-state index contributed by atoms with van der Waals surface area (Å²) in [5.41, 5.74) is 0.959. The highest BCUT2D eigenvalue weighted by Crippen LogP contribution is 2.20. The van der Waals surface area contributed by atoms with Crippen LogP contribution in [0.4, 0.5) is 0 Å². The summed E-state index contributed by atoms with van der Waals surface area (Å²) < 4.78 is 12.0. The van der Waals surface area contributed by atoms with Gasteiger partial charge in [-0.05, 0) is 31.2 Å². The molecule has 0 bridgehead atoms. The molecule has 0 fully saturated rings. The predicted octanol–water partition coefficient (Wildman–Crippen LogP) is 2.87. The molecule has 0 amide bonds. The Morgan fingerprint density at radius 1 is 1.42 bits per heavy atom. The summed E-state index contributed by atoms with van der Waals surface area (Å²) in [6.07, 6.45) is 1.61. The van der Waals surface area contributed by atoms with Crippen molar-refractivity contribution >= 4 is 28.5 Å². The maximum absolute atomic E-state index is 11.8. The molecule has 0 aliphatic rings. The van der Waals surface area contributed by atoms with Crippen molar-refractivity contribution in [1.29, 1.82) is 0 Å². The second-order valence-electron chi connectivity index (χ2n) is 4.40. The SMILES string of the molecule is COCC(C)OC(=O)Cn1ccc2cc(Cl)ccc21. The van der Waals surface area contributed by atoms with Gasteiger partial charge in [-0.2, -0.15) is 0 Å². The topological polar surface area (TPSA) is 40.5 Å². The number of nitrogens with zero attached hydrogens (tertiary/aromatic N) is 1. The zero-order chi connectivity index (χ0) is 13.8. The summed E-state index contributed by atoms with van der Waals surface area (Å²) in [4.78, 5) is 11.8. The zero-order valence-corrected chi connectivity index (χ0v) is 11.7. The highest BCUT2D eigenvalue weighted by Gasteiger charge is 2.11. The molecule has 0 aliphatic heterocycles. The van der Waals surface area contributed by atoms with E-state index in [9.17, 15) is 4.79 Å². The van der Waals surface area contributed by atoms with Gasteiger partial charge in [0.05, 0.1) is 6.61 Å². The first-order valence-corrected chi connectivity index (χ1v) is 6.41. The lowest BCUT2D eigenvalue weighted by molar-refractivity contribution is -0.151. The van der Waals surface area contributed by atoms with Crippen molar-refractivity contribution in [2.24, 2.45) is 0 Å². The van der Waals surface area contributed by atoms with Crippen molar-refractivity contribution in [2.75, 3.05) is 13.7 Å². The van der Waals surface area contributed by atoms with Gasteiger partial charge in [-0.1, -0.05) is 11.6 Å². The van der Waals surface area contributed by atoms with E-state index in [1.807, 2.05) is 29.0 Å². The van der Waals surface area contributed by atoms with Gasteiger partial charge in [-0.3, -0.25) is 4.79 Å². The lowest BCUT2D eigenvalue weighted by Crippen LogP contribution is -2.22. The summed E-state index contributed by atoms with van der Waals surface area (Å²) in [5.74, 6) is -0.281. The number of rotatable bonds is 5. The molecule has 0 aliphatic carbocycles. The molecule has 1 aromatic carbocycles. The van der Waals surface area contributed by atoms with Gasteiger partial charge >= 0.3 is 5.97 Å². The van der Waals surface area contributed by atoms with Crippen molar-refractivity contribution in [1.82, 2.24) is 4.57 Å². The highest BCUT2D eigenvalue weighted by atomic mass is 35.5. The average molecular weight is 282 g/mol. The van der Waals surface area contributed by atoms with Crippen LogP contribution in [0.3, 0.4) is 0 Å². The van der Waals surface area contributed by atoms with Crippen LogP contribution >= 0.6 is 11.6 Å². The van der Waals surface area contributed by atoms with E-state index >= 15 is 0 Å².